The number of amides is 1. The molecule has 2 aromatic carbocycles. The predicted molar refractivity (Wildman–Crippen MR) is 151 cm³/mol. The molecule has 4 rings (SSSR count). The number of rotatable bonds is 14. The Balaban J connectivity index is 1.42. The summed E-state index contributed by atoms with van der Waals surface area (Å²) in [4.78, 5) is 62.8. The van der Waals surface area contributed by atoms with Crippen LogP contribution in [0.15, 0.2) is 61.3 Å². The third-order valence-corrected chi connectivity index (χ3v) is 7.43. The molecule has 0 unspecified atom stereocenters. The van der Waals surface area contributed by atoms with Gasteiger partial charge in [0.2, 0.25) is 5.91 Å². The molecule has 0 bridgehead atoms. The van der Waals surface area contributed by atoms with E-state index in [1.54, 1.807) is 21.7 Å². The highest BCUT2D eigenvalue weighted by Gasteiger charge is 2.31. The number of likely N-dealkylation sites (tertiary alicyclic amines) is 1. The highest BCUT2D eigenvalue weighted by Crippen LogP contribution is 2.28. The van der Waals surface area contributed by atoms with Gasteiger partial charge in [0.1, 0.15) is 5.78 Å². The van der Waals surface area contributed by atoms with Crippen LogP contribution in [0.4, 0.5) is 5.69 Å². The Morgan fingerprint density at radius 3 is 2.45 bits per heavy atom. The molecule has 208 valence electrons. The SMILES string of the molecule is C=CC(=O)N1CC(CC(=O)Cn2cc(C(=O)CCCC(=O)Cc3ccccc3CC)c3cc([N+](=O)[O-])ccc32)C1. The van der Waals surface area contributed by atoms with Gasteiger partial charge >= 0.3 is 0 Å². The van der Waals surface area contributed by atoms with Crippen molar-refractivity contribution in [3.05, 3.63) is 88.1 Å². The number of aryl methyl sites for hydroxylation is 1. The van der Waals surface area contributed by atoms with Crippen molar-refractivity contribution in [2.45, 2.75) is 52.0 Å². The van der Waals surface area contributed by atoms with Crippen LogP contribution in [-0.2, 0) is 33.8 Å². The number of nitro benzene ring substituents is 1. The van der Waals surface area contributed by atoms with Crippen LogP contribution in [0.2, 0.25) is 0 Å². The summed E-state index contributed by atoms with van der Waals surface area (Å²) in [5, 5.41) is 11.8. The van der Waals surface area contributed by atoms with Crippen molar-refractivity contribution in [3.63, 3.8) is 0 Å². The normalized spacial score (nSPS) is 13.2. The average Bonchev–Trinajstić information content (AvgIpc) is 3.27. The van der Waals surface area contributed by atoms with Gasteiger partial charge in [-0.1, -0.05) is 37.8 Å². The summed E-state index contributed by atoms with van der Waals surface area (Å²) >= 11 is 0. The van der Waals surface area contributed by atoms with Crippen molar-refractivity contribution in [2.75, 3.05) is 13.1 Å². The lowest BCUT2D eigenvalue weighted by molar-refractivity contribution is -0.384. The number of non-ortho nitro benzene ring substituents is 1. The van der Waals surface area contributed by atoms with Crippen LogP contribution in [0.25, 0.3) is 10.9 Å². The van der Waals surface area contributed by atoms with Crippen molar-refractivity contribution in [1.29, 1.82) is 0 Å². The lowest BCUT2D eigenvalue weighted by Crippen LogP contribution is -2.50. The van der Waals surface area contributed by atoms with Gasteiger partial charge in [-0.3, -0.25) is 29.3 Å². The molecule has 0 N–H and O–H groups in total. The lowest BCUT2D eigenvalue weighted by Gasteiger charge is -2.38. The molecule has 1 aliphatic heterocycles. The van der Waals surface area contributed by atoms with Crippen molar-refractivity contribution >= 4 is 39.8 Å². The second kappa shape index (κ2) is 12.6. The summed E-state index contributed by atoms with van der Waals surface area (Å²) in [6, 6.07) is 12.1. The highest BCUT2D eigenvalue weighted by atomic mass is 16.6. The Hall–Kier alpha value is -4.40. The summed E-state index contributed by atoms with van der Waals surface area (Å²) in [5.74, 6) is -0.305. The highest BCUT2D eigenvalue weighted by molar-refractivity contribution is 6.09. The first-order valence-corrected chi connectivity index (χ1v) is 13.5. The van der Waals surface area contributed by atoms with E-state index in [-0.39, 0.29) is 54.2 Å². The lowest BCUT2D eigenvalue weighted by atomic mass is 9.94. The molecule has 0 spiro atoms. The summed E-state index contributed by atoms with van der Waals surface area (Å²) in [7, 11) is 0. The second-order valence-corrected chi connectivity index (χ2v) is 10.3. The number of hydrogen-bond donors (Lipinski definition) is 0. The van der Waals surface area contributed by atoms with Crippen LogP contribution in [0.5, 0.6) is 0 Å². The number of nitrogens with zero attached hydrogens (tertiary/aromatic N) is 3. The van der Waals surface area contributed by atoms with Gasteiger partial charge in [0, 0.05) is 79.5 Å². The zero-order valence-electron chi connectivity index (χ0n) is 22.6. The number of carbonyl (C=O) groups excluding carboxylic acids is 4. The second-order valence-electron chi connectivity index (χ2n) is 10.3. The molecule has 1 fully saturated rings. The Labute approximate surface area is 232 Å². The minimum atomic E-state index is -0.518. The number of benzene rings is 2. The molecule has 0 aliphatic carbocycles. The fourth-order valence-corrected chi connectivity index (χ4v) is 5.29. The largest absolute Gasteiger partial charge is 0.339 e. The van der Waals surface area contributed by atoms with Gasteiger partial charge in [-0.2, -0.15) is 0 Å². The smallest absolute Gasteiger partial charge is 0.270 e. The molecule has 3 aromatic rings. The molecule has 1 saturated heterocycles. The van der Waals surface area contributed by atoms with Gasteiger partial charge < -0.3 is 9.47 Å². The van der Waals surface area contributed by atoms with Crippen molar-refractivity contribution in [3.8, 4) is 0 Å². The standard InChI is InChI=1S/C31H33N3O6/c1-3-22-8-5-6-9-23(22)15-25(35)10-7-11-30(37)28-20-32(29-13-12-24(34(39)40)16-27(28)29)19-26(36)14-21-17-33(18-21)31(38)4-2/h4-6,8-9,12-13,16,20-21H,2-3,7,10-11,14-15,17-19H2,1H3. The molecule has 1 amide bonds. The van der Waals surface area contributed by atoms with E-state index in [0.717, 1.165) is 17.5 Å². The van der Waals surface area contributed by atoms with E-state index in [1.807, 2.05) is 31.2 Å². The van der Waals surface area contributed by atoms with Crippen LogP contribution < -0.4 is 0 Å². The first-order valence-electron chi connectivity index (χ1n) is 13.5. The maximum Gasteiger partial charge on any atom is 0.270 e. The van der Waals surface area contributed by atoms with Crippen LogP contribution in [0, 0.1) is 16.0 Å². The van der Waals surface area contributed by atoms with E-state index in [4.69, 9.17) is 0 Å². The third-order valence-electron chi connectivity index (χ3n) is 7.43. The molecule has 2 heterocycles. The molecule has 1 aromatic heterocycles. The van der Waals surface area contributed by atoms with Crippen molar-refractivity contribution < 1.29 is 24.1 Å². The molecular formula is C31H33N3O6. The molecule has 9 nitrogen and oxygen atoms in total. The van der Waals surface area contributed by atoms with Gasteiger partial charge in [-0.05, 0) is 36.1 Å². The molecule has 0 atom stereocenters. The Bertz CT molecular complexity index is 1480. The Kier molecular flexibility index (Phi) is 9.04. The van der Waals surface area contributed by atoms with Gasteiger partial charge in [-0.15, -0.1) is 0 Å². The predicted octanol–water partition coefficient (Wildman–Crippen LogP) is 4.88. The molecule has 40 heavy (non-hydrogen) atoms. The minimum Gasteiger partial charge on any atom is -0.339 e. The Morgan fingerprint density at radius 1 is 1.05 bits per heavy atom. The van der Waals surface area contributed by atoms with Gasteiger partial charge in [0.25, 0.3) is 5.69 Å². The molecule has 1 aliphatic rings. The van der Waals surface area contributed by atoms with Crippen LogP contribution in [0.1, 0.15) is 54.1 Å². The van der Waals surface area contributed by atoms with Crippen molar-refractivity contribution in [1.82, 2.24) is 9.47 Å². The monoisotopic (exact) mass is 543 g/mol. The van der Waals surface area contributed by atoms with E-state index in [0.29, 0.717) is 48.8 Å². The van der Waals surface area contributed by atoms with E-state index >= 15 is 0 Å². The topological polar surface area (TPSA) is 120 Å². The zero-order chi connectivity index (χ0) is 28.8. The number of hydrogen-bond acceptors (Lipinski definition) is 6. The van der Waals surface area contributed by atoms with E-state index < -0.39 is 4.92 Å². The van der Waals surface area contributed by atoms with Crippen LogP contribution in [0.3, 0.4) is 0 Å². The minimum absolute atomic E-state index is 0.0167. The number of carbonyl (C=O) groups is 4. The number of nitro groups is 1. The van der Waals surface area contributed by atoms with Gasteiger partial charge in [0.05, 0.1) is 11.5 Å². The summed E-state index contributed by atoms with van der Waals surface area (Å²) < 4.78 is 1.66. The van der Waals surface area contributed by atoms with E-state index in [1.165, 1.54) is 18.2 Å². The number of fused-ring (bicyclic) bond motifs is 1. The van der Waals surface area contributed by atoms with E-state index in [2.05, 4.69) is 6.58 Å². The van der Waals surface area contributed by atoms with E-state index in [9.17, 15) is 29.3 Å². The summed E-state index contributed by atoms with van der Waals surface area (Å²) in [6.07, 6.45) is 5.04. The molecule has 0 radical (unpaired) electrons. The van der Waals surface area contributed by atoms with Gasteiger partial charge in [-0.25, -0.2) is 0 Å². The quantitative estimate of drug-likeness (QED) is 0.124. The summed E-state index contributed by atoms with van der Waals surface area (Å²) in [5.41, 5.74) is 2.86. The zero-order valence-corrected chi connectivity index (χ0v) is 22.6. The molecular weight excluding hydrogens is 510 g/mol. The average molecular weight is 544 g/mol. The van der Waals surface area contributed by atoms with Gasteiger partial charge in [0.15, 0.2) is 11.6 Å². The molecule has 0 saturated carbocycles. The third kappa shape index (κ3) is 6.59. The first-order chi connectivity index (χ1) is 19.2. The van der Waals surface area contributed by atoms with Crippen LogP contribution in [-0.4, -0.2) is 50.7 Å². The van der Waals surface area contributed by atoms with Crippen molar-refractivity contribution in [2.24, 2.45) is 5.92 Å². The summed E-state index contributed by atoms with van der Waals surface area (Å²) in [6.45, 7) is 6.54. The maximum atomic E-state index is 13.2. The fourth-order valence-electron chi connectivity index (χ4n) is 5.29. The number of aromatic nitrogens is 1. The number of ketones is 3. The van der Waals surface area contributed by atoms with Crippen LogP contribution >= 0.6 is 0 Å². The molecule has 9 heteroatoms. The Morgan fingerprint density at radius 2 is 1.77 bits per heavy atom. The first kappa shape index (κ1) is 28.6. The number of Topliss-reactive ketones (excluding diaryl/α,β-unsaturated/α-hetero) is 3. The maximum absolute atomic E-state index is 13.2. The fraction of sp³-hybridized carbons (Fsp3) is 0.355.